The van der Waals surface area contributed by atoms with Crippen LogP contribution in [0, 0.1) is 5.92 Å². The number of ether oxygens (including phenoxy) is 1. The Balaban J connectivity index is 2.38. The molecule has 5 atom stereocenters. The lowest BCUT2D eigenvalue weighted by molar-refractivity contribution is -0.370. The molecule has 1 aliphatic rings. The van der Waals surface area contributed by atoms with Crippen molar-refractivity contribution in [1.82, 2.24) is 0 Å². The van der Waals surface area contributed by atoms with E-state index < -0.39 is 48.1 Å². The van der Waals surface area contributed by atoms with Gasteiger partial charge in [-0.1, -0.05) is 37.3 Å². The summed E-state index contributed by atoms with van der Waals surface area (Å²) < 4.78 is 33.8. The minimum absolute atomic E-state index is 0.420. The lowest BCUT2D eigenvalue weighted by Gasteiger charge is -2.48. The largest absolute Gasteiger partial charge is 0.391 e. The van der Waals surface area contributed by atoms with Gasteiger partial charge in [0.2, 0.25) is 0 Å². The Labute approximate surface area is 120 Å². The van der Waals surface area contributed by atoms with Crippen LogP contribution in [0.5, 0.6) is 0 Å². The van der Waals surface area contributed by atoms with Crippen LogP contribution in [-0.2, 0) is 10.7 Å². The normalized spacial score (nSPS) is 37.5. The van der Waals surface area contributed by atoms with Gasteiger partial charge in [0.05, 0.1) is 12.7 Å². The highest BCUT2D eigenvalue weighted by Gasteiger charge is 2.59. The summed E-state index contributed by atoms with van der Waals surface area (Å²) in [5.74, 6) is -7.12. The smallest absolute Gasteiger partial charge is 0.301 e. The van der Waals surface area contributed by atoms with E-state index in [0.29, 0.717) is 0 Å². The van der Waals surface area contributed by atoms with Crippen LogP contribution in [0.3, 0.4) is 0 Å². The molecule has 7 heteroatoms. The minimum atomic E-state index is -3.65. The Bertz CT molecular complexity index is 484. The van der Waals surface area contributed by atoms with Gasteiger partial charge >= 0.3 is 5.92 Å². The van der Waals surface area contributed by atoms with Gasteiger partial charge in [0.25, 0.3) is 0 Å². The zero-order valence-corrected chi connectivity index (χ0v) is 11.4. The molecule has 1 unspecified atom stereocenters. The van der Waals surface area contributed by atoms with E-state index in [1.54, 1.807) is 6.07 Å². The average molecular weight is 304 g/mol. The first-order valence-electron chi connectivity index (χ1n) is 6.54. The Morgan fingerprint density at radius 3 is 2.29 bits per heavy atom. The number of hydrogen-bond donors (Lipinski definition) is 4. The molecule has 1 aromatic carbocycles. The van der Waals surface area contributed by atoms with Crippen molar-refractivity contribution in [2.75, 3.05) is 6.61 Å². The molecule has 21 heavy (non-hydrogen) atoms. The molecule has 1 heterocycles. The number of halogens is 2. The van der Waals surface area contributed by atoms with Gasteiger partial charge in [0.1, 0.15) is 6.10 Å². The van der Waals surface area contributed by atoms with Crippen LogP contribution in [-0.4, -0.2) is 51.1 Å². The van der Waals surface area contributed by atoms with Crippen molar-refractivity contribution < 1.29 is 33.9 Å². The number of rotatable bonds is 3. The van der Waals surface area contributed by atoms with E-state index >= 15 is 0 Å². The predicted octanol–water partition coefficient (Wildman–Crippen LogP) is 0.216. The molecular weight excluding hydrogens is 286 g/mol. The monoisotopic (exact) mass is 304 g/mol. The molecule has 1 saturated heterocycles. The first-order valence-corrected chi connectivity index (χ1v) is 6.54. The van der Waals surface area contributed by atoms with Gasteiger partial charge in [-0.2, -0.15) is 8.78 Å². The van der Waals surface area contributed by atoms with Gasteiger partial charge in [-0.3, -0.25) is 0 Å². The van der Waals surface area contributed by atoms with Crippen LogP contribution >= 0.6 is 0 Å². The van der Waals surface area contributed by atoms with Crippen LogP contribution in [0.4, 0.5) is 8.78 Å². The zero-order chi connectivity index (χ0) is 15.8. The van der Waals surface area contributed by atoms with E-state index in [1.807, 2.05) is 0 Å². The van der Waals surface area contributed by atoms with E-state index in [-0.39, 0.29) is 0 Å². The number of hydrogen-bond acceptors (Lipinski definition) is 5. The Hall–Kier alpha value is -1.12. The fraction of sp³-hybridized carbons (Fsp3) is 0.571. The van der Waals surface area contributed by atoms with Crippen LogP contribution in [0.25, 0.3) is 0 Å². The third-order valence-electron chi connectivity index (χ3n) is 3.96. The number of aliphatic hydroxyl groups excluding tert-OH is 3. The van der Waals surface area contributed by atoms with Gasteiger partial charge in [0, 0.05) is 11.5 Å². The number of benzene rings is 1. The highest BCUT2D eigenvalue weighted by Crippen LogP contribution is 2.43. The molecule has 1 aliphatic heterocycles. The van der Waals surface area contributed by atoms with E-state index in [4.69, 9.17) is 9.84 Å². The molecule has 0 aromatic heterocycles. The van der Waals surface area contributed by atoms with Crippen LogP contribution in [0.15, 0.2) is 30.3 Å². The fourth-order valence-corrected chi connectivity index (χ4v) is 2.43. The van der Waals surface area contributed by atoms with E-state index in [9.17, 15) is 24.1 Å². The summed E-state index contributed by atoms with van der Waals surface area (Å²) in [4.78, 5) is 0. The van der Waals surface area contributed by atoms with Crippen LogP contribution in [0.2, 0.25) is 0 Å². The second-order valence-corrected chi connectivity index (χ2v) is 5.30. The number of aliphatic hydroxyl groups is 4. The molecule has 5 nitrogen and oxygen atoms in total. The third kappa shape index (κ3) is 2.67. The summed E-state index contributed by atoms with van der Waals surface area (Å²) in [5, 5.41) is 39.0. The Morgan fingerprint density at radius 2 is 1.76 bits per heavy atom. The molecule has 118 valence electrons. The number of alkyl halides is 2. The standard InChI is InChI=1S/C14H18F2O5/c1-8-10(18)11(19)12(21-13(8,20)7-17)14(15,16)9-5-3-2-4-6-9/h2-6,8,10-12,17-20H,7H2,1H3/t8-,10-,11+,12+,13?/m0/s1. The highest BCUT2D eigenvalue weighted by molar-refractivity contribution is 5.22. The molecule has 0 amide bonds. The molecule has 0 bridgehead atoms. The van der Waals surface area contributed by atoms with Crippen molar-refractivity contribution in [1.29, 1.82) is 0 Å². The molecule has 0 aliphatic carbocycles. The predicted molar refractivity (Wildman–Crippen MR) is 68.4 cm³/mol. The second-order valence-electron chi connectivity index (χ2n) is 5.30. The third-order valence-corrected chi connectivity index (χ3v) is 3.96. The summed E-state index contributed by atoms with van der Waals surface area (Å²) in [6.45, 7) is 0.320. The van der Waals surface area contributed by atoms with Crippen molar-refractivity contribution in [3.8, 4) is 0 Å². The fourth-order valence-electron chi connectivity index (χ4n) is 2.43. The molecular formula is C14H18F2O5. The van der Waals surface area contributed by atoms with Crippen molar-refractivity contribution in [3.05, 3.63) is 35.9 Å². The summed E-state index contributed by atoms with van der Waals surface area (Å²) in [6.07, 6.45) is -5.74. The first kappa shape index (κ1) is 16.3. The summed E-state index contributed by atoms with van der Waals surface area (Å²) in [7, 11) is 0. The molecule has 0 saturated carbocycles. The Kier molecular flexibility index (Phi) is 4.32. The maximum Gasteiger partial charge on any atom is 0.301 e. The maximum atomic E-state index is 14.5. The van der Waals surface area contributed by atoms with Crippen LogP contribution in [0.1, 0.15) is 12.5 Å². The van der Waals surface area contributed by atoms with Crippen molar-refractivity contribution in [2.24, 2.45) is 5.92 Å². The van der Waals surface area contributed by atoms with Crippen molar-refractivity contribution in [3.63, 3.8) is 0 Å². The molecule has 2 rings (SSSR count). The molecule has 1 aromatic rings. The first-order chi connectivity index (χ1) is 9.74. The summed E-state index contributed by atoms with van der Waals surface area (Å²) in [5.41, 5.74) is -0.420. The lowest BCUT2D eigenvalue weighted by atomic mass is 9.83. The van der Waals surface area contributed by atoms with Gasteiger partial charge in [-0.05, 0) is 0 Å². The summed E-state index contributed by atoms with van der Waals surface area (Å²) >= 11 is 0. The van der Waals surface area contributed by atoms with Crippen molar-refractivity contribution in [2.45, 2.75) is 36.9 Å². The molecule has 0 spiro atoms. The topological polar surface area (TPSA) is 90.2 Å². The minimum Gasteiger partial charge on any atom is -0.391 e. The van der Waals surface area contributed by atoms with Gasteiger partial charge in [-0.15, -0.1) is 0 Å². The van der Waals surface area contributed by atoms with Crippen molar-refractivity contribution >= 4 is 0 Å². The van der Waals surface area contributed by atoms with Gasteiger partial charge in [-0.25, -0.2) is 0 Å². The maximum absolute atomic E-state index is 14.5. The average Bonchev–Trinajstić information content (AvgIpc) is 2.49. The van der Waals surface area contributed by atoms with Crippen LogP contribution < -0.4 is 0 Å². The zero-order valence-electron chi connectivity index (χ0n) is 11.4. The Morgan fingerprint density at radius 1 is 1.19 bits per heavy atom. The highest BCUT2D eigenvalue weighted by atomic mass is 19.3. The quantitative estimate of drug-likeness (QED) is 0.641. The van der Waals surface area contributed by atoms with Gasteiger partial charge < -0.3 is 25.2 Å². The molecule has 0 radical (unpaired) electrons. The van der Waals surface area contributed by atoms with Gasteiger partial charge in [0.15, 0.2) is 11.9 Å². The van der Waals surface area contributed by atoms with E-state index in [2.05, 4.69) is 0 Å². The summed E-state index contributed by atoms with van der Waals surface area (Å²) in [6, 6.07) is 6.65. The van der Waals surface area contributed by atoms with E-state index in [0.717, 1.165) is 12.1 Å². The molecule has 1 fully saturated rings. The second kappa shape index (κ2) is 5.58. The SMILES string of the molecule is C[C@H]1[C@H](O)[C@@H](O)[C@H](C(F)(F)c2ccccc2)OC1(O)CO. The lowest BCUT2D eigenvalue weighted by Crippen LogP contribution is -2.65. The van der Waals surface area contributed by atoms with E-state index in [1.165, 1.54) is 19.1 Å². The molecule has 4 N–H and O–H groups in total.